The molecule has 0 bridgehead atoms. The van der Waals surface area contributed by atoms with Crippen LogP contribution >= 0.6 is 0 Å². The summed E-state index contributed by atoms with van der Waals surface area (Å²) in [6, 6.07) is 8.01. The van der Waals surface area contributed by atoms with Crippen molar-refractivity contribution in [2.45, 2.75) is 30.7 Å². The van der Waals surface area contributed by atoms with Crippen molar-refractivity contribution in [1.82, 2.24) is 9.62 Å². The SMILES string of the molecule is CC(CCc1ccco1)NC(=O)CN(C)S(=O)(=O)c1ccc(F)cc1. The first-order chi connectivity index (χ1) is 11.8. The molecule has 1 N–H and O–H groups in total. The van der Waals surface area contributed by atoms with Gasteiger partial charge in [0.1, 0.15) is 11.6 Å². The molecule has 6 nitrogen and oxygen atoms in total. The average molecular weight is 368 g/mol. The molecule has 136 valence electrons. The molecule has 0 fully saturated rings. The zero-order chi connectivity index (χ0) is 18.4. The molecule has 1 unspecified atom stereocenters. The number of aryl methyl sites for hydroxylation is 1. The topological polar surface area (TPSA) is 79.6 Å². The van der Waals surface area contributed by atoms with Gasteiger partial charge in [-0.3, -0.25) is 4.79 Å². The fourth-order valence-electron chi connectivity index (χ4n) is 2.28. The second kappa shape index (κ2) is 8.26. The first kappa shape index (κ1) is 19.1. The normalized spacial score (nSPS) is 13.0. The highest BCUT2D eigenvalue weighted by molar-refractivity contribution is 7.89. The van der Waals surface area contributed by atoms with Gasteiger partial charge in [0.2, 0.25) is 15.9 Å². The predicted molar refractivity (Wildman–Crippen MR) is 90.8 cm³/mol. The van der Waals surface area contributed by atoms with Crippen LogP contribution in [0.1, 0.15) is 19.1 Å². The number of benzene rings is 1. The van der Waals surface area contributed by atoms with Crippen molar-refractivity contribution in [3.05, 3.63) is 54.2 Å². The largest absolute Gasteiger partial charge is 0.469 e. The number of furan rings is 1. The molecule has 0 saturated heterocycles. The molecule has 1 heterocycles. The van der Waals surface area contributed by atoms with E-state index in [0.29, 0.717) is 12.8 Å². The van der Waals surface area contributed by atoms with Crippen molar-refractivity contribution in [1.29, 1.82) is 0 Å². The molecule has 2 rings (SSSR count). The van der Waals surface area contributed by atoms with Crippen LogP contribution in [0.3, 0.4) is 0 Å². The van der Waals surface area contributed by atoms with Gasteiger partial charge in [0.05, 0.1) is 17.7 Å². The quantitative estimate of drug-likeness (QED) is 0.774. The Morgan fingerprint density at radius 1 is 1.28 bits per heavy atom. The van der Waals surface area contributed by atoms with Crippen LogP contribution in [-0.4, -0.2) is 38.3 Å². The third-order valence-electron chi connectivity index (χ3n) is 3.70. The average Bonchev–Trinajstić information content (AvgIpc) is 3.06. The van der Waals surface area contributed by atoms with E-state index in [0.717, 1.165) is 22.2 Å². The van der Waals surface area contributed by atoms with Gasteiger partial charge in [0.25, 0.3) is 0 Å². The lowest BCUT2D eigenvalue weighted by Gasteiger charge is -2.19. The maximum atomic E-state index is 12.9. The van der Waals surface area contributed by atoms with Crippen molar-refractivity contribution in [3.8, 4) is 0 Å². The molecule has 0 aliphatic carbocycles. The number of hydrogen-bond acceptors (Lipinski definition) is 4. The second-order valence-corrected chi connectivity index (χ2v) is 7.85. The molecule has 25 heavy (non-hydrogen) atoms. The van der Waals surface area contributed by atoms with Gasteiger partial charge in [0, 0.05) is 19.5 Å². The maximum absolute atomic E-state index is 12.9. The van der Waals surface area contributed by atoms with Crippen molar-refractivity contribution in [3.63, 3.8) is 0 Å². The zero-order valence-corrected chi connectivity index (χ0v) is 14.9. The first-order valence-corrected chi connectivity index (χ1v) is 9.26. The molecule has 1 aromatic carbocycles. The fraction of sp³-hybridized carbons (Fsp3) is 0.353. The summed E-state index contributed by atoms with van der Waals surface area (Å²) < 4.78 is 43.8. The van der Waals surface area contributed by atoms with Crippen LogP contribution in [0.15, 0.2) is 52.0 Å². The van der Waals surface area contributed by atoms with Gasteiger partial charge in [-0.1, -0.05) is 0 Å². The Labute approximate surface area is 146 Å². The van der Waals surface area contributed by atoms with Gasteiger partial charge in [-0.2, -0.15) is 4.31 Å². The van der Waals surface area contributed by atoms with Crippen LogP contribution in [0, 0.1) is 5.82 Å². The van der Waals surface area contributed by atoms with Crippen LogP contribution in [0.5, 0.6) is 0 Å². The summed E-state index contributed by atoms with van der Waals surface area (Å²) in [7, 11) is -2.53. The Kier molecular flexibility index (Phi) is 6.33. The first-order valence-electron chi connectivity index (χ1n) is 7.82. The molecule has 8 heteroatoms. The summed E-state index contributed by atoms with van der Waals surface area (Å²) in [5.74, 6) is -0.0954. The van der Waals surface area contributed by atoms with Gasteiger partial charge < -0.3 is 9.73 Å². The van der Waals surface area contributed by atoms with Crippen LogP contribution in [0.2, 0.25) is 0 Å². The summed E-state index contributed by atoms with van der Waals surface area (Å²) >= 11 is 0. The van der Waals surface area contributed by atoms with E-state index in [1.165, 1.54) is 19.2 Å². The number of sulfonamides is 1. The van der Waals surface area contributed by atoms with E-state index in [2.05, 4.69) is 5.32 Å². The summed E-state index contributed by atoms with van der Waals surface area (Å²) in [6.07, 6.45) is 2.94. The summed E-state index contributed by atoms with van der Waals surface area (Å²) in [5, 5.41) is 2.76. The molecule has 0 aliphatic rings. The maximum Gasteiger partial charge on any atom is 0.243 e. The number of nitrogens with zero attached hydrogens (tertiary/aromatic N) is 1. The second-order valence-electron chi connectivity index (χ2n) is 5.80. The number of rotatable bonds is 8. The fourth-order valence-corrected chi connectivity index (χ4v) is 3.41. The number of carbonyl (C=O) groups is 1. The van der Waals surface area contributed by atoms with Gasteiger partial charge in [0.15, 0.2) is 0 Å². The van der Waals surface area contributed by atoms with Gasteiger partial charge in [-0.15, -0.1) is 0 Å². The van der Waals surface area contributed by atoms with E-state index in [4.69, 9.17) is 4.42 Å². The molecule has 0 aliphatic heterocycles. The van der Waals surface area contributed by atoms with Crippen molar-refractivity contribution in [2.24, 2.45) is 0 Å². The van der Waals surface area contributed by atoms with Gasteiger partial charge in [-0.25, -0.2) is 12.8 Å². The molecule has 1 aromatic heterocycles. The van der Waals surface area contributed by atoms with E-state index in [1.54, 1.807) is 12.3 Å². The number of amides is 1. The van der Waals surface area contributed by atoms with Crippen LogP contribution < -0.4 is 5.32 Å². The summed E-state index contributed by atoms with van der Waals surface area (Å²) in [5.41, 5.74) is 0. The Morgan fingerprint density at radius 2 is 1.96 bits per heavy atom. The minimum atomic E-state index is -3.84. The Bertz CT molecular complexity index is 789. The highest BCUT2D eigenvalue weighted by Gasteiger charge is 2.23. The number of halogens is 1. The lowest BCUT2D eigenvalue weighted by atomic mass is 10.1. The van der Waals surface area contributed by atoms with Gasteiger partial charge >= 0.3 is 0 Å². The standard InChI is InChI=1S/C17H21FN2O4S/c1-13(5-8-15-4-3-11-24-15)19-17(21)12-20(2)25(22,23)16-9-6-14(18)7-10-16/h3-4,6-7,9-11,13H,5,8,12H2,1-2H3,(H,19,21). The summed E-state index contributed by atoms with van der Waals surface area (Å²) in [6.45, 7) is 1.53. The van der Waals surface area contributed by atoms with Crippen molar-refractivity contribution in [2.75, 3.05) is 13.6 Å². The number of likely N-dealkylation sites (N-methyl/N-ethyl adjacent to an activating group) is 1. The minimum Gasteiger partial charge on any atom is -0.469 e. The van der Waals surface area contributed by atoms with E-state index in [9.17, 15) is 17.6 Å². The minimum absolute atomic E-state index is 0.0601. The van der Waals surface area contributed by atoms with E-state index in [-0.39, 0.29) is 17.5 Å². The molecule has 0 spiro atoms. The van der Waals surface area contributed by atoms with Crippen molar-refractivity contribution >= 4 is 15.9 Å². The van der Waals surface area contributed by atoms with Crippen LogP contribution in [0.4, 0.5) is 4.39 Å². The van der Waals surface area contributed by atoms with Crippen LogP contribution in [0.25, 0.3) is 0 Å². The highest BCUT2D eigenvalue weighted by atomic mass is 32.2. The Hall–Kier alpha value is -2.19. The molecule has 2 aromatic rings. The third kappa shape index (κ3) is 5.40. The third-order valence-corrected chi connectivity index (χ3v) is 5.52. The van der Waals surface area contributed by atoms with Crippen molar-refractivity contribution < 1.29 is 22.0 Å². The molecule has 0 radical (unpaired) electrons. The lowest BCUT2D eigenvalue weighted by molar-refractivity contribution is -0.121. The van der Waals surface area contributed by atoms with E-state index >= 15 is 0 Å². The molecular weight excluding hydrogens is 347 g/mol. The Balaban J connectivity index is 1.87. The highest BCUT2D eigenvalue weighted by Crippen LogP contribution is 2.14. The number of carbonyl (C=O) groups excluding carboxylic acids is 1. The molecule has 0 saturated carbocycles. The predicted octanol–water partition coefficient (Wildman–Crippen LogP) is 2.18. The molecule has 1 amide bonds. The van der Waals surface area contributed by atoms with Gasteiger partial charge in [-0.05, 0) is 49.7 Å². The smallest absolute Gasteiger partial charge is 0.243 e. The Morgan fingerprint density at radius 3 is 2.56 bits per heavy atom. The monoisotopic (exact) mass is 368 g/mol. The molecular formula is C17H21FN2O4S. The molecule has 1 atom stereocenters. The van der Waals surface area contributed by atoms with Crippen LogP contribution in [-0.2, 0) is 21.2 Å². The summed E-state index contributed by atoms with van der Waals surface area (Å²) in [4.78, 5) is 12.0. The van der Waals surface area contributed by atoms with E-state index in [1.807, 2.05) is 13.0 Å². The number of nitrogens with one attached hydrogen (secondary N) is 1. The lowest BCUT2D eigenvalue weighted by Crippen LogP contribution is -2.41. The number of hydrogen-bond donors (Lipinski definition) is 1. The zero-order valence-electron chi connectivity index (χ0n) is 14.1. The van der Waals surface area contributed by atoms with E-state index < -0.39 is 21.7 Å².